The van der Waals surface area contributed by atoms with E-state index in [1.807, 2.05) is 31.2 Å². The summed E-state index contributed by atoms with van der Waals surface area (Å²) in [5.41, 5.74) is 0.800. The molecule has 7 heteroatoms. The second kappa shape index (κ2) is 6.95. The molecule has 6 nitrogen and oxygen atoms in total. The van der Waals surface area contributed by atoms with E-state index in [9.17, 15) is 9.90 Å². The molecule has 0 saturated heterocycles. The fourth-order valence-corrected chi connectivity index (χ4v) is 2.07. The van der Waals surface area contributed by atoms with Crippen molar-refractivity contribution in [1.29, 1.82) is 0 Å². The van der Waals surface area contributed by atoms with Gasteiger partial charge < -0.3 is 14.6 Å². The van der Waals surface area contributed by atoms with Crippen molar-refractivity contribution < 1.29 is 14.6 Å². The van der Waals surface area contributed by atoms with Crippen molar-refractivity contribution in [2.45, 2.75) is 18.5 Å². The van der Waals surface area contributed by atoms with Gasteiger partial charge in [0.15, 0.2) is 5.82 Å². The van der Waals surface area contributed by atoms with Crippen molar-refractivity contribution in [2.75, 3.05) is 12.4 Å². The summed E-state index contributed by atoms with van der Waals surface area (Å²) in [6.45, 7) is 2.66. The number of H-pyrrole nitrogens is 1. The summed E-state index contributed by atoms with van der Waals surface area (Å²) >= 11 is 1.01. The fraction of sp³-hybridized carbons (Fsp3) is 0.308. The van der Waals surface area contributed by atoms with Crippen molar-refractivity contribution in [1.82, 2.24) is 15.2 Å². The number of carboxylic acids is 1. The van der Waals surface area contributed by atoms with Gasteiger partial charge in [0.05, 0.1) is 18.1 Å². The summed E-state index contributed by atoms with van der Waals surface area (Å²) in [5, 5.41) is 17.5. The molecule has 0 saturated carbocycles. The zero-order valence-electron chi connectivity index (χ0n) is 11.0. The predicted molar refractivity (Wildman–Crippen MR) is 73.3 cm³/mol. The van der Waals surface area contributed by atoms with Gasteiger partial charge in [-0.15, -0.1) is 5.10 Å². The maximum atomic E-state index is 10.4. The van der Waals surface area contributed by atoms with Crippen LogP contribution in [0.1, 0.15) is 13.3 Å². The maximum absolute atomic E-state index is 10.4. The van der Waals surface area contributed by atoms with E-state index in [2.05, 4.69) is 15.2 Å². The highest BCUT2D eigenvalue weighted by Gasteiger charge is 2.11. The van der Waals surface area contributed by atoms with Gasteiger partial charge in [-0.05, 0) is 18.6 Å². The molecule has 1 heterocycles. The number of carboxylic acid groups (broad SMARTS) is 1. The number of thioether (sulfide) groups is 1. The van der Waals surface area contributed by atoms with Gasteiger partial charge in [0, 0.05) is 5.75 Å². The predicted octanol–water partition coefficient (Wildman–Crippen LogP) is 1.10. The number of aliphatic carboxylic acids is 1. The first-order valence-electron chi connectivity index (χ1n) is 6.18. The molecule has 106 valence electrons. The number of para-hydroxylation sites is 1. The van der Waals surface area contributed by atoms with Gasteiger partial charge in [-0.2, -0.15) is 0 Å². The van der Waals surface area contributed by atoms with E-state index in [1.165, 1.54) is 0 Å². The number of nitrogens with zero attached hydrogens (tertiary/aromatic N) is 2. The third-order valence-electron chi connectivity index (χ3n) is 2.39. The Bertz CT molecular complexity index is 586. The number of benzene rings is 1. The van der Waals surface area contributed by atoms with E-state index in [0.29, 0.717) is 17.6 Å². The minimum atomic E-state index is -1.15. The molecular formula is C13H14N3O3S-. The molecule has 0 fully saturated rings. The number of rotatable bonds is 7. The van der Waals surface area contributed by atoms with Crippen LogP contribution < -0.4 is 9.84 Å². The molecule has 0 aliphatic rings. The van der Waals surface area contributed by atoms with E-state index in [0.717, 1.165) is 29.5 Å². The van der Waals surface area contributed by atoms with E-state index in [-0.39, 0.29) is 5.75 Å². The standard InChI is InChI=1S/C13H15N3O3S/c1-2-7-19-10-6-4-3-5-9(10)12-14-13(16-15-12)20-8-11(17)18/h3-6H,2,7-8H2,1H3,(H,17,18)(H,14,15,16)/p-1. The van der Waals surface area contributed by atoms with Crippen molar-refractivity contribution in [2.24, 2.45) is 0 Å². The normalized spacial score (nSPS) is 10.4. The monoisotopic (exact) mass is 292 g/mol. The van der Waals surface area contributed by atoms with Crippen LogP contribution in [0.3, 0.4) is 0 Å². The first kappa shape index (κ1) is 14.4. The largest absolute Gasteiger partial charge is 0.549 e. The number of aromatic amines is 1. The molecule has 0 radical (unpaired) electrons. The van der Waals surface area contributed by atoms with Crippen LogP contribution in [-0.4, -0.2) is 33.5 Å². The van der Waals surface area contributed by atoms with Crippen LogP contribution in [0.4, 0.5) is 0 Å². The molecular weight excluding hydrogens is 278 g/mol. The van der Waals surface area contributed by atoms with Crippen molar-refractivity contribution in [3.63, 3.8) is 0 Å². The van der Waals surface area contributed by atoms with Gasteiger partial charge in [0.2, 0.25) is 5.16 Å². The first-order chi connectivity index (χ1) is 9.70. The molecule has 0 bridgehead atoms. The highest BCUT2D eigenvalue weighted by molar-refractivity contribution is 7.99. The number of hydrogen-bond acceptors (Lipinski definition) is 6. The molecule has 2 aromatic rings. The molecule has 0 atom stereocenters. The Morgan fingerprint density at radius 3 is 3.00 bits per heavy atom. The van der Waals surface area contributed by atoms with Gasteiger partial charge in [-0.3, -0.25) is 5.10 Å². The second-order valence-electron chi connectivity index (χ2n) is 3.97. The zero-order chi connectivity index (χ0) is 14.4. The lowest BCUT2D eigenvalue weighted by Crippen LogP contribution is -2.24. The summed E-state index contributed by atoms with van der Waals surface area (Å²) in [5.74, 6) is -0.0433. The van der Waals surface area contributed by atoms with Crippen LogP contribution in [0.5, 0.6) is 5.75 Å². The average Bonchev–Trinajstić information content (AvgIpc) is 2.92. The van der Waals surface area contributed by atoms with Gasteiger partial charge in [0.1, 0.15) is 5.75 Å². The lowest BCUT2D eigenvalue weighted by Gasteiger charge is -2.08. The second-order valence-corrected chi connectivity index (χ2v) is 4.91. The summed E-state index contributed by atoms with van der Waals surface area (Å²) < 4.78 is 5.65. The van der Waals surface area contributed by atoms with Crippen molar-refractivity contribution in [3.8, 4) is 17.1 Å². The molecule has 0 spiro atoms. The molecule has 1 N–H and O–H groups in total. The van der Waals surface area contributed by atoms with Crippen LogP contribution in [0.2, 0.25) is 0 Å². The maximum Gasteiger partial charge on any atom is 0.209 e. The Balaban J connectivity index is 2.16. The number of nitrogens with one attached hydrogen (secondary N) is 1. The van der Waals surface area contributed by atoms with Crippen LogP contribution in [0, 0.1) is 0 Å². The number of ether oxygens (including phenoxy) is 1. The Labute approximate surface area is 120 Å². The third kappa shape index (κ3) is 3.74. The van der Waals surface area contributed by atoms with Crippen LogP contribution in [-0.2, 0) is 4.79 Å². The number of hydrogen-bond donors (Lipinski definition) is 1. The Morgan fingerprint density at radius 1 is 1.45 bits per heavy atom. The van der Waals surface area contributed by atoms with Gasteiger partial charge in [-0.25, -0.2) is 4.98 Å². The molecule has 0 aliphatic heterocycles. The first-order valence-corrected chi connectivity index (χ1v) is 7.16. The van der Waals surface area contributed by atoms with E-state index >= 15 is 0 Å². The Kier molecular flexibility index (Phi) is 5.00. The molecule has 20 heavy (non-hydrogen) atoms. The highest BCUT2D eigenvalue weighted by atomic mass is 32.2. The Hall–Kier alpha value is -2.02. The van der Waals surface area contributed by atoms with Crippen molar-refractivity contribution >= 4 is 17.7 Å². The zero-order valence-corrected chi connectivity index (χ0v) is 11.8. The van der Waals surface area contributed by atoms with Crippen LogP contribution in [0.15, 0.2) is 29.4 Å². The number of carbonyl (C=O) groups excluding carboxylic acids is 1. The lowest BCUT2D eigenvalue weighted by atomic mass is 10.2. The minimum absolute atomic E-state index is 0.175. The molecule has 0 unspecified atom stereocenters. The lowest BCUT2D eigenvalue weighted by molar-refractivity contribution is -0.301. The highest BCUT2D eigenvalue weighted by Crippen LogP contribution is 2.28. The van der Waals surface area contributed by atoms with E-state index in [4.69, 9.17) is 4.74 Å². The molecule has 1 aromatic heterocycles. The Morgan fingerprint density at radius 2 is 2.25 bits per heavy atom. The van der Waals surface area contributed by atoms with Gasteiger partial charge >= 0.3 is 0 Å². The van der Waals surface area contributed by atoms with Crippen LogP contribution >= 0.6 is 11.8 Å². The average molecular weight is 292 g/mol. The number of aromatic nitrogens is 3. The minimum Gasteiger partial charge on any atom is -0.549 e. The van der Waals surface area contributed by atoms with Crippen LogP contribution in [0.25, 0.3) is 11.4 Å². The van der Waals surface area contributed by atoms with E-state index < -0.39 is 5.97 Å². The van der Waals surface area contributed by atoms with Crippen molar-refractivity contribution in [3.05, 3.63) is 24.3 Å². The number of carbonyl (C=O) groups is 1. The molecule has 1 aromatic carbocycles. The summed E-state index contributed by atoms with van der Waals surface area (Å²) in [6.07, 6.45) is 0.914. The quantitative estimate of drug-likeness (QED) is 0.768. The third-order valence-corrected chi connectivity index (χ3v) is 3.21. The topological polar surface area (TPSA) is 90.9 Å². The van der Waals surface area contributed by atoms with E-state index in [1.54, 1.807) is 0 Å². The molecule has 2 rings (SSSR count). The SMILES string of the molecule is CCCOc1ccccc1-c1nc(SCC(=O)[O-])n[nH]1. The molecule has 0 aliphatic carbocycles. The smallest absolute Gasteiger partial charge is 0.209 e. The summed E-state index contributed by atoms with van der Waals surface area (Å²) in [6, 6.07) is 7.50. The van der Waals surface area contributed by atoms with Gasteiger partial charge in [-0.1, -0.05) is 30.8 Å². The van der Waals surface area contributed by atoms with Gasteiger partial charge in [0.25, 0.3) is 0 Å². The molecule has 0 amide bonds. The fourth-order valence-electron chi connectivity index (χ4n) is 1.56. The summed E-state index contributed by atoms with van der Waals surface area (Å²) in [4.78, 5) is 14.7. The summed E-state index contributed by atoms with van der Waals surface area (Å²) in [7, 11) is 0.